The first-order valence-electron chi connectivity index (χ1n) is 3.34. The van der Waals surface area contributed by atoms with Crippen LogP contribution in [-0.2, 0) is 4.79 Å². The van der Waals surface area contributed by atoms with Gasteiger partial charge in [0.05, 0.1) is 0 Å². The van der Waals surface area contributed by atoms with Crippen LogP contribution in [-0.4, -0.2) is 38.0 Å². The zero-order valence-electron chi connectivity index (χ0n) is 7.21. The molecule has 0 aromatic heterocycles. The Labute approximate surface area is 67.8 Å². The van der Waals surface area contributed by atoms with Crippen molar-refractivity contribution < 1.29 is 4.79 Å². The van der Waals surface area contributed by atoms with E-state index in [-0.39, 0.29) is 5.91 Å². The second kappa shape index (κ2) is 9.13. The average Bonchev–Trinajstić information content (AvgIpc) is 2.03. The number of hydrogen-bond acceptors (Lipinski definition) is 3. The first-order valence-corrected chi connectivity index (χ1v) is 3.34. The highest BCUT2D eigenvalue weighted by Crippen LogP contribution is 1.74. The van der Waals surface area contributed by atoms with Gasteiger partial charge in [-0.1, -0.05) is 6.58 Å². The average molecular weight is 159 g/mol. The van der Waals surface area contributed by atoms with Crippen LogP contribution in [0.15, 0.2) is 12.7 Å². The highest BCUT2D eigenvalue weighted by atomic mass is 16.2. The van der Waals surface area contributed by atoms with Gasteiger partial charge in [0.15, 0.2) is 0 Å². The number of nitrogens with two attached hydrogens (primary N) is 2. The molecular formula is C7H17N3O. The largest absolute Gasteiger partial charge is 0.345 e. The number of hydrogen-bond donors (Lipinski definition) is 2. The topological polar surface area (TPSA) is 72.3 Å². The zero-order valence-corrected chi connectivity index (χ0v) is 7.21. The quantitative estimate of drug-likeness (QED) is 0.516. The van der Waals surface area contributed by atoms with E-state index in [0.717, 1.165) is 0 Å². The van der Waals surface area contributed by atoms with Crippen LogP contribution in [0.2, 0.25) is 0 Å². The van der Waals surface area contributed by atoms with Gasteiger partial charge in [-0.15, -0.1) is 0 Å². The monoisotopic (exact) mass is 159 g/mol. The van der Waals surface area contributed by atoms with Crippen molar-refractivity contribution in [2.75, 3.05) is 27.2 Å². The summed E-state index contributed by atoms with van der Waals surface area (Å²) < 4.78 is 0. The molecule has 0 aliphatic rings. The van der Waals surface area contributed by atoms with Crippen molar-refractivity contribution in [1.29, 1.82) is 0 Å². The molecule has 11 heavy (non-hydrogen) atoms. The standard InChI is InChI=1S/C5H9NO.C2H8N2/c1-4-5(7)6(2)3;3-1-2-4/h4H,1H2,2-3H3;1-4H2. The summed E-state index contributed by atoms with van der Waals surface area (Å²) in [5.41, 5.74) is 9.81. The third-order valence-corrected chi connectivity index (χ3v) is 0.782. The Morgan fingerprint density at radius 3 is 1.82 bits per heavy atom. The second-order valence-electron chi connectivity index (χ2n) is 2.01. The van der Waals surface area contributed by atoms with Gasteiger partial charge in [0.25, 0.3) is 0 Å². The van der Waals surface area contributed by atoms with Gasteiger partial charge in [-0.25, -0.2) is 0 Å². The van der Waals surface area contributed by atoms with Gasteiger partial charge in [-0.3, -0.25) is 4.79 Å². The van der Waals surface area contributed by atoms with Gasteiger partial charge in [-0.05, 0) is 6.08 Å². The SMILES string of the molecule is C=CC(=O)N(C)C.NCCN. The fraction of sp³-hybridized carbons (Fsp3) is 0.571. The van der Waals surface area contributed by atoms with Crippen LogP contribution in [0.25, 0.3) is 0 Å². The Kier molecular flexibility index (Phi) is 10.6. The molecule has 0 aliphatic heterocycles. The molecule has 0 unspecified atom stereocenters. The molecule has 0 saturated carbocycles. The Hall–Kier alpha value is -0.870. The summed E-state index contributed by atoms with van der Waals surface area (Å²) in [5.74, 6) is -0.0556. The summed E-state index contributed by atoms with van der Waals surface area (Å²) in [4.78, 5) is 11.8. The third-order valence-electron chi connectivity index (χ3n) is 0.782. The number of likely N-dealkylation sites (N-methyl/N-ethyl adjacent to an activating group) is 1. The predicted molar refractivity (Wildman–Crippen MR) is 47.0 cm³/mol. The maximum Gasteiger partial charge on any atom is 0.245 e. The number of carbonyl (C=O) groups is 1. The summed E-state index contributed by atoms with van der Waals surface area (Å²) in [6.45, 7) is 4.49. The van der Waals surface area contributed by atoms with Crippen molar-refractivity contribution in [3.8, 4) is 0 Å². The van der Waals surface area contributed by atoms with Crippen molar-refractivity contribution in [2.24, 2.45) is 11.5 Å². The second-order valence-corrected chi connectivity index (χ2v) is 2.01. The lowest BCUT2D eigenvalue weighted by Crippen LogP contribution is -2.18. The lowest BCUT2D eigenvalue weighted by Gasteiger charge is -2.03. The molecule has 0 aromatic rings. The molecule has 0 aromatic carbocycles. The van der Waals surface area contributed by atoms with E-state index >= 15 is 0 Å². The van der Waals surface area contributed by atoms with Crippen LogP contribution in [0.4, 0.5) is 0 Å². The minimum atomic E-state index is -0.0556. The molecule has 0 aliphatic carbocycles. The Morgan fingerprint density at radius 2 is 1.82 bits per heavy atom. The van der Waals surface area contributed by atoms with E-state index < -0.39 is 0 Å². The van der Waals surface area contributed by atoms with E-state index in [4.69, 9.17) is 11.5 Å². The molecule has 0 rings (SSSR count). The van der Waals surface area contributed by atoms with E-state index in [1.54, 1.807) is 14.1 Å². The first-order chi connectivity index (χ1) is 5.09. The lowest BCUT2D eigenvalue weighted by molar-refractivity contribution is -0.123. The van der Waals surface area contributed by atoms with Crippen LogP contribution in [0.3, 0.4) is 0 Å². The van der Waals surface area contributed by atoms with E-state index in [1.165, 1.54) is 11.0 Å². The molecule has 0 fully saturated rings. The van der Waals surface area contributed by atoms with Crippen LogP contribution in [0, 0.1) is 0 Å². The molecule has 0 bridgehead atoms. The maximum absolute atomic E-state index is 10.3. The van der Waals surface area contributed by atoms with Crippen molar-refractivity contribution >= 4 is 5.91 Å². The molecule has 66 valence electrons. The summed E-state index contributed by atoms with van der Waals surface area (Å²) in [6.07, 6.45) is 1.28. The van der Waals surface area contributed by atoms with Gasteiger partial charge in [0, 0.05) is 27.2 Å². The highest BCUT2D eigenvalue weighted by molar-refractivity contribution is 5.86. The van der Waals surface area contributed by atoms with Crippen LogP contribution < -0.4 is 11.5 Å². The minimum absolute atomic E-state index is 0.0556. The Morgan fingerprint density at radius 1 is 1.45 bits per heavy atom. The molecular weight excluding hydrogens is 142 g/mol. The summed E-state index contributed by atoms with van der Waals surface area (Å²) in [7, 11) is 3.37. The van der Waals surface area contributed by atoms with Gasteiger partial charge in [0.2, 0.25) is 5.91 Å². The summed E-state index contributed by atoms with van der Waals surface area (Å²) in [6, 6.07) is 0. The highest BCUT2D eigenvalue weighted by Gasteiger charge is 1.91. The molecule has 0 radical (unpaired) electrons. The van der Waals surface area contributed by atoms with Crippen molar-refractivity contribution in [1.82, 2.24) is 4.90 Å². The van der Waals surface area contributed by atoms with Crippen molar-refractivity contribution in [2.45, 2.75) is 0 Å². The van der Waals surface area contributed by atoms with Gasteiger partial charge in [0.1, 0.15) is 0 Å². The molecule has 0 spiro atoms. The van der Waals surface area contributed by atoms with Crippen LogP contribution in [0.5, 0.6) is 0 Å². The zero-order chi connectivity index (χ0) is 9.28. The maximum atomic E-state index is 10.3. The molecule has 0 saturated heterocycles. The molecule has 1 amide bonds. The number of nitrogens with zero attached hydrogens (tertiary/aromatic N) is 1. The number of rotatable bonds is 2. The van der Waals surface area contributed by atoms with Crippen molar-refractivity contribution in [3.05, 3.63) is 12.7 Å². The Bertz CT molecular complexity index is 110. The lowest BCUT2D eigenvalue weighted by atomic mass is 10.5. The van der Waals surface area contributed by atoms with Gasteiger partial charge in [-0.2, -0.15) is 0 Å². The van der Waals surface area contributed by atoms with E-state index in [2.05, 4.69) is 6.58 Å². The van der Waals surface area contributed by atoms with E-state index in [9.17, 15) is 4.79 Å². The van der Waals surface area contributed by atoms with Crippen molar-refractivity contribution in [3.63, 3.8) is 0 Å². The minimum Gasteiger partial charge on any atom is -0.345 e. The first kappa shape index (κ1) is 12.8. The van der Waals surface area contributed by atoms with Gasteiger partial charge >= 0.3 is 0 Å². The van der Waals surface area contributed by atoms with Crippen LogP contribution in [0.1, 0.15) is 0 Å². The predicted octanol–water partition coefficient (Wildman–Crippen LogP) is -0.836. The molecule has 0 heterocycles. The fourth-order valence-corrected chi connectivity index (χ4v) is 0.183. The van der Waals surface area contributed by atoms with Crippen LogP contribution >= 0.6 is 0 Å². The Balaban J connectivity index is 0. The summed E-state index contributed by atoms with van der Waals surface area (Å²) >= 11 is 0. The smallest absolute Gasteiger partial charge is 0.245 e. The molecule has 0 atom stereocenters. The fourth-order valence-electron chi connectivity index (χ4n) is 0.183. The number of carbonyl (C=O) groups excluding carboxylic acids is 1. The third kappa shape index (κ3) is 12.4. The van der Waals surface area contributed by atoms with Gasteiger partial charge < -0.3 is 16.4 Å². The normalized spacial score (nSPS) is 7.64. The molecule has 4 nitrogen and oxygen atoms in total. The summed E-state index contributed by atoms with van der Waals surface area (Å²) in [5, 5.41) is 0. The van der Waals surface area contributed by atoms with E-state index in [1.807, 2.05) is 0 Å². The number of amides is 1. The molecule has 4 heteroatoms. The van der Waals surface area contributed by atoms with E-state index in [0.29, 0.717) is 13.1 Å². The molecule has 4 N–H and O–H groups in total.